The van der Waals surface area contributed by atoms with E-state index in [2.05, 4.69) is 30.6 Å². The molecule has 1 aliphatic heterocycles. The third-order valence-corrected chi connectivity index (χ3v) is 6.07. The van der Waals surface area contributed by atoms with Crippen LogP contribution >= 0.6 is 0 Å². The van der Waals surface area contributed by atoms with E-state index in [0.29, 0.717) is 39.2 Å². The lowest BCUT2D eigenvalue weighted by Crippen LogP contribution is -2.31. The number of halogens is 1. The number of H-pyrrole nitrogens is 1. The van der Waals surface area contributed by atoms with E-state index in [9.17, 15) is 9.18 Å². The van der Waals surface area contributed by atoms with E-state index >= 15 is 0 Å². The molecule has 4 aromatic rings. The number of aromatic amines is 1. The second-order valence-electron chi connectivity index (χ2n) is 7.98. The van der Waals surface area contributed by atoms with Gasteiger partial charge in [0.2, 0.25) is 0 Å². The van der Waals surface area contributed by atoms with E-state index in [1.54, 1.807) is 24.5 Å². The molecule has 6 rings (SSSR count). The standard InChI is InChI=1S/C23H19FN6O3/c1-32-21-12(24)4-3-5-13(21)27-20-16-18(11-8-14(11)28-22(16)31)29-19(20)10-6-7-25-15-9-26-23(33-2)30-17(10)15/h3-7,9,11,14,27,29H,8H2,1-2H3,(H,28,31). The van der Waals surface area contributed by atoms with Crippen LogP contribution in [0.2, 0.25) is 0 Å². The van der Waals surface area contributed by atoms with Crippen LogP contribution in [-0.2, 0) is 0 Å². The first-order valence-corrected chi connectivity index (χ1v) is 10.4. The average molecular weight is 446 g/mol. The monoisotopic (exact) mass is 446 g/mol. The van der Waals surface area contributed by atoms with Crippen molar-refractivity contribution in [1.29, 1.82) is 0 Å². The lowest BCUT2D eigenvalue weighted by Gasteiger charge is -2.16. The molecule has 9 nitrogen and oxygen atoms in total. The summed E-state index contributed by atoms with van der Waals surface area (Å²) in [7, 11) is 2.89. The lowest BCUT2D eigenvalue weighted by molar-refractivity contribution is 0.0944. The zero-order chi connectivity index (χ0) is 22.7. The van der Waals surface area contributed by atoms with Crippen molar-refractivity contribution in [3.63, 3.8) is 0 Å². The highest BCUT2D eigenvalue weighted by Crippen LogP contribution is 2.50. The summed E-state index contributed by atoms with van der Waals surface area (Å²) < 4.78 is 24.9. The van der Waals surface area contributed by atoms with Crippen molar-refractivity contribution in [2.24, 2.45) is 0 Å². The van der Waals surface area contributed by atoms with Crippen molar-refractivity contribution in [3.05, 3.63) is 53.7 Å². The summed E-state index contributed by atoms with van der Waals surface area (Å²) in [6.07, 6.45) is 4.11. The van der Waals surface area contributed by atoms with Crippen LogP contribution in [-0.4, -0.2) is 46.1 Å². The number of amides is 1. The van der Waals surface area contributed by atoms with E-state index in [1.165, 1.54) is 20.3 Å². The number of carbonyl (C=O) groups is 1. The Hall–Kier alpha value is -4.21. The molecule has 0 spiro atoms. The number of carbonyl (C=O) groups excluding carboxylic acids is 1. The van der Waals surface area contributed by atoms with Gasteiger partial charge in [0.1, 0.15) is 11.0 Å². The van der Waals surface area contributed by atoms with Gasteiger partial charge in [0.15, 0.2) is 11.6 Å². The first-order chi connectivity index (χ1) is 16.1. The third kappa shape index (κ3) is 2.98. The summed E-state index contributed by atoms with van der Waals surface area (Å²) in [6, 6.07) is 6.73. The fourth-order valence-electron chi connectivity index (χ4n) is 4.45. The maximum absolute atomic E-state index is 14.4. The summed E-state index contributed by atoms with van der Waals surface area (Å²) in [5.41, 5.74) is 4.75. The van der Waals surface area contributed by atoms with Gasteiger partial charge in [-0.2, -0.15) is 4.98 Å². The van der Waals surface area contributed by atoms with Crippen LogP contribution in [0.3, 0.4) is 0 Å². The minimum Gasteiger partial charge on any atom is -0.492 e. The molecule has 1 fully saturated rings. The second kappa shape index (κ2) is 7.16. The number of benzene rings is 1. The van der Waals surface area contributed by atoms with Crippen LogP contribution in [0, 0.1) is 5.82 Å². The van der Waals surface area contributed by atoms with Crippen molar-refractivity contribution < 1.29 is 18.7 Å². The summed E-state index contributed by atoms with van der Waals surface area (Å²) in [5.74, 6) is -0.428. The van der Waals surface area contributed by atoms with Gasteiger partial charge in [-0.15, -0.1) is 0 Å². The van der Waals surface area contributed by atoms with Gasteiger partial charge in [0.05, 0.1) is 43.0 Å². The van der Waals surface area contributed by atoms with E-state index in [1.807, 2.05) is 6.07 Å². The Bertz CT molecular complexity index is 1440. The van der Waals surface area contributed by atoms with Gasteiger partial charge in [0, 0.05) is 29.4 Å². The summed E-state index contributed by atoms with van der Waals surface area (Å²) in [6.45, 7) is 0. The number of pyridine rings is 1. The topological polar surface area (TPSA) is 114 Å². The quantitative estimate of drug-likeness (QED) is 0.430. The fourth-order valence-corrected chi connectivity index (χ4v) is 4.45. The van der Waals surface area contributed by atoms with Gasteiger partial charge in [-0.3, -0.25) is 9.78 Å². The Kier molecular flexibility index (Phi) is 4.22. The van der Waals surface area contributed by atoms with Crippen LogP contribution < -0.4 is 20.1 Å². The van der Waals surface area contributed by atoms with Gasteiger partial charge in [-0.25, -0.2) is 9.37 Å². The van der Waals surface area contributed by atoms with E-state index in [0.717, 1.165) is 12.1 Å². The number of ether oxygens (including phenoxy) is 2. The Balaban J connectivity index is 1.60. The molecule has 1 aromatic carbocycles. The van der Waals surface area contributed by atoms with Crippen molar-refractivity contribution in [3.8, 4) is 23.0 Å². The molecule has 0 radical (unpaired) electrons. The number of hydrogen-bond donors (Lipinski definition) is 3. The van der Waals surface area contributed by atoms with Crippen molar-refractivity contribution in [2.75, 3.05) is 19.5 Å². The van der Waals surface area contributed by atoms with Gasteiger partial charge < -0.3 is 25.1 Å². The summed E-state index contributed by atoms with van der Waals surface area (Å²) >= 11 is 0. The zero-order valence-electron chi connectivity index (χ0n) is 17.8. The van der Waals surface area contributed by atoms with Crippen LogP contribution in [0.25, 0.3) is 22.3 Å². The SMILES string of the molecule is COc1ncc2nccc(-c3[nH]c4c(c3Nc3cccc(F)c3OC)C(=O)NC3CC43)c2n1. The highest BCUT2D eigenvalue weighted by Gasteiger charge is 2.48. The minimum atomic E-state index is -0.507. The highest BCUT2D eigenvalue weighted by molar-refractivity contribution is 6.09. The molecular formula is C23H19FN6O3. The summed E-state index contributed by atoms with van der Waals surface area (Å²) in [4.78, 5) is 29.5. The average Bonchev–Trinajstić information content (AvgIpc) is 3.50. The van der Waals surface area contributed by atoms with Crippen molar-refractivity contribution >= 4 is 28.3 Å². The largest absolute Gasteiger partial charge is 0.492 e. The Morgan fingerprint density at radius 2 is 2.06 bits per heavy atom. The predicted molar refractivity (Wildman–Crippen MR) is 119 cm³/mol. The normalized spacial score (nSPS) is 18.3. The first-order valence-electron chi connectivity index (χ1n) is 10.4. The summed E-state index contributed by atoms with van der Waals surface area (Å²) in [5, 5.41) is 6.28. The molecule has 33 heavy (non-hydrogen) atoms. The number of hydrogen-bond acceptors (Lipinski definition) is 7. The number of para-hydroxylation sites is 1. The number of nitrogens with zero attached hydrogens (tertiary/aromatic N) is 3. The number of methoxy groups -OCH3 is 2. The molecule has 0 bridgehead atoms. The smallest absolute Gasteiger partial charge is 0.316 e. The first kappa shape index (κ1) is 19.5. The van der Waals surface area contributed by atoms with Crippen molar-refractivity contribution in [2.45, 2.75) is 18.4 Å². The molecule has 2 atom stereocenters. The number of fused-ring (bicyclic) bond motifs is 4. The molecule has 166 valence electrons. The zero-order valence-corrected chi connectivity index (χ0v) is 17.8. The molecular weight excluding hydrogens is 427 g/mol. The Labute approximate surface area is 187 Å². The van der Waals surface area contributed by atoms with Crippen LogP contribution in [0.5, 0.6) is 11.8 Å². The molecule has 3 N–H and O–H groups in total. The maximum Gasteiger partial charge on any atom is 0.316 e. The van der Waals surface area contributed by atoms with Gasteiger partial charge in [0.25, 0.3) is 5.91 Å². The lowest BCUT2D eigenvalue weighted by atomic mass is 10.0. The number of aromatic nitrogens is 4. The Morgan fingerprint density at radius 1 is 1.18 bits per heavy atom. The number of nitrogens with one attached hydrogen (secondary N) is 3. The number of rotatable bonds is 5. The molecule has 1 saturated carbocycles. The van der Waals surface area contributed by atoms with E-state index < -0.39 is 5.82 Å². The van der Waals surface area contributed by atoms with Crippen molar-refractivity contribution in [1.82, 2.24) is 25.3 Å². The van der Waals surface area contributed by atoms with Crippen LogP contribution in [0.15, 0.2) is 36.7 Å². The maximum atomic E-state index is 14.4. The predicted octanol–water partition coefficient (Wildman–Crippen LogP) is 3.52. The van der Waals surface area contributed by atoms with Gasteiger partial charge >= 0.3 is 6.01 Å². The van der Waals surface area contributed by atoms with Crippen LogP contribution in [0.1, 0.15) is 28.4 Å². The molecule has 2 unspecified atom stereocenters. The third-order valence-electron chi connectivity index (χ3n) is 6.07. The molecule has 4 heterocycles. The minimum absolute atomic E-state index is 0.0579. The molecule has 2 aliphatic rings. The van der Waals surface area contributed by atoms with E-state index in [4.69, 9.17) is 9.47 Å². The second-order valence-corrected chi connectivity index (χ2v) is 7.98. The van der Waals surface area contributed by atoms with Gasteiger partial charge in [-0.1, -0.05) is 6.07 Å². The Morgan fingerprint density at radius 3 is 2.88 bits per heavy atom. The van der Waals surface area contributed by atoms with Gasteiger partial charge in [-0.05, 0) is 24.6 Å². The fraction of sp³-hybridized carbons (Fsp3) is 0.217. The number of anilines is 2. The highest BCUT2D eigenvalue weighted by atomic mass is 19.1. The molecule has 1 amide bonds. The molecule has 3 aromatic heterocycles. The molecule has 0 saturated heterocycles. The van der Waals surface area contributed by atoms with E-state index in [-0.39, 0.29) is 29.6 Å². The molecule has 10 heteroatoms. The molecule has 1 aliphatic carbocycles. The van der Waals surface area contributed by atoms with Crippen LogP contribution in [0.4, 0.5) is 15.8 Å².